The summed E-state index contributed by atoms with van der Waals surface area (Å²) in [5.41, 5.74) is 0. The van der Waals surface area contributed by atoms with Crippen LogP contribution in [0, 0.1) is 0 Å². The molecule has 0 fully saturated rings. The molecule has 624 valence electrons. The molecule has 110 heavy (non-hydrogen) atoms. The van der Waals surface area contributed by atoms with Gasteiger partial charge in [-0.1, -0.05) is 326 Å². The van der Waals surface area contributed by atoms with Crippen molar-refractivity contribution in [3.05, 3.63) is 182 Å². The molecule has 0 saturated carbocycles. The highest BCUT2D eigenvalue weighted by Crippen LogP contribution is 2.45. The van der Waals surface area contributed by atoms with E-state index in [9.17, 15) is 43.2 Å². The number of hydrogen-bond acceptors (Lipinski definition) is 15. The molecule has 0 spiro atoms. The molecule has 0 aromatic heterocycles. The molecule has 5 atom stereocenters. The molecule has 2 unspecified atom stereocenters. The van der Waals surface area contributed by atoms with Gasteiger partial charge in [0.1, 0.15) is 19.3 Å². The van der Waals surface area contributed by atoms with Gasteiger partial charge in [0.25, 0.3) is 0 Å². The molecule has 0 rings (SSSR count). The lowest BCUT2D eigenvalue weighted by Gasteiger charge is -2.21. The standard InChI is InChI=1S/C91H148O17P2/c1-5-9-13-17-21-25-29-33-36-39-42-45-48-52-55-59-63-67-71-75-88(93)101-81-86(107-90(95)77-73-69-65-61-57-51-32-28-24-20-16-12-8-4)83-105-109(97,98)103-79-85(92)80-104-110(99,100)106-84-87(108-91(96)78-74-70-66-62-58-54-50-47-44-41-38-35-31-27-23-19-15-11-7-3)82-102-89(94)76-72-68-64-60-56-53-49-46-43-40-37-34-30-26-22-18-14-10-6-2/h21-23,25-27,33-38,42-47,52-56,58,63-64,66-68,70,85-87,92H,5-20,24,28-32,39-41,48-51,57,59-62,65,69,71-84H2,1-4H3,(H,97,98)(H,99,100)/b25-21-,26-22-,27-23-,36-33-,37-34-,38-35-,45-42-,46-43-,47-44-,55-52-,56-53-,58-54-,67-63-,68-64-,70-66-/t85-,86+,87+/m0/s1. The summed E-state index contributed by atoms with van der Waals surface area (Å²) in [6.07, 6.45) is 99.1. The number of esters is 4. The maximum Gasteiger partial charge on any atom is 0.472 e. The number of rotatable bonds is 77. The van der Waals surface area contributed by atoms with E-state index in [4.69, 9.17) is 37.0 Å². The average molecular weight is 1580 g/mol. The van der Waals surface area contributed by atoms with Crippen LogP contribution in [0.15, 0.2) is 182 Å². The van der Waals surface area contributed by atoms with Crippen molar-refractivity contribution in [3.8, 4) is 0 Å². The summed E-state index contributed by atoms with van der Waals surface area (Å²) in [6.45, 7) is 4.53. The number of allylic oxidation sites excluding steroid dienone is 30. The Morgan fingerprint density at radius 1 is 0.255 bits per heavy atom. The molecule has 17 nitrogen and oxygen atoms in total. The van der Waals surface area contributed by atoms with Gasteiger partial charge in [-0.2, -0.15) is 0 Å². The lowest BCUT2D eigenvalue weighted by atomic mass is 10.0. The Morgan fingerprint density at radius 3 is 0.736 bits per heavy atom. The summed E-state index contributed by atoms with van der Waals surface area (Å²) in [4.78, 5) is 73.1. The van der Waals surface area contributed by atoms with Crippen LogP contribution in [0.5, 0.6) is 0 Å². The third-order valence-electron chi connectivity index (χ3n) is 16.9. The summed E-state index contributed by atoms with van der Waals surface area (Å²) in [5, 5.41) is 10.7. The third-order valence-corrected chi connectivity index (χ3v) is 18.8. The van der Waals surface area contributed by atoms with Crippen molar-refractivity contribution in [2.75, 3.05) is 39.6 Å². The molecule has 0 heterocycles. The quantitative estimate of drug-likeness (QED) is 0.0169. The summed E-state index contributed by atoms with van der Waals surface area (Å²) in [6, 6.07) is 0. The summed E-state index contributed by atoms with van der Waals surface area (Å²) in [7, 11) is -10.0. The first-order valence-corrected chi connectivity index (χ1v) is 45.0. The zero-order valence-electron chi connectivity index (χ0n) is 68.4. The number of carbonyl (C=O) groups excluding carboxylic acids is 4. The Balaban J connectivity index is 5.57. The van der Waals surface area contributed by atoms with E-state index in [2.05, 4.69) is 161 Å². The molecular weight excluding hydrogens is 1430 g/mol. The number of phosphoric acid groups is 2. The minimum Gasteiger partial charge on any atom is -0.462 e. The molecule has 0 aromatic carbocycles. The molecule has 0 saturated heterocycles. The van der Waals surface area contributed by atoms with Gasteiger partial charge in [0, 0.05) is 25.7 Å². The SMILES string of the molecule is CCCCC/C=C\C/C=C\C/C=C\C/C=C\C/C=C\CCC(=O)OC[C@H](COP(=O)(O)OC[C@@H](O)COP(=O)(O)OC[C@@H](COC(=O)CC/C=C\C/C=C\C/C=C\C/C=C\C/C=C\CCCCC)OC(=O)CCCCCCCCCCCCCCC)OC(=O)CC/C=C\C/C=C\C/C=C\C/C=C\C/C=C\CCCCC. The molecule has 0 aliphatic rings. The van der Waals surface area contributed by atoms with Gasteiger partial charge in [0.15, 0.2) is 12.2 Å². The lowest BCUT2D eigenvalue weighted by molar-refractivity contribution is -0.161. The molecule has 0 aromatic rings. The molecule has 19 heteroatoms. The van der Waals surface area contributed by atoms with Gasteiger partial charge in [-0.15, -0.1) is 0 Å². The summed E-state index contributed by atoms with van der Waals surface area (Å²) >= 11 is 0. The predicted molar refractivity (Wildman–Crippen MR) is 454 cm³/mol. The van der Waals surface area contributed by atoms with E-state index in [1.54, 1.807) is 0 Å². The van der Waals surface area contributed by atoms with Crippen molar-refractivity contribution in [2.24, 2.45) is 0 Å². The fourth-order valence-electron chi connectivity index (χ4n) is 10.5. The summed E-state index contributed by atoms with van der Waals surface area (Å²) in [5.74, 6) is -2.47. The molecular formula is C91H148O17P2. The molecule has 0 radical (unpaired) electrons. The fourth-order valence-corrected chi connectivity index (χ4v) is 12.0. The van der Waals surface area contributed by atoms with E-state index in [1.165, 1.54) is 109 Å². The Labute approximate surface area is 666 Å². The topological polar surface area (TPSA) is 237 Å². The van der Waals surface area contributed by atoms with Crippen LogP contribution in [0.4, 0.5) is 0 Å². The van der Waals surface area contributed by atoms with Crippen LogP contribution in [0.1, 0.15) is 310 Å². The lowest BCUT2D eigenvalue weighted by Crippen LogP contribution is -2.30. The van der Waals surface area contributed by atoms with E-state index in [0.29, 0.717) is 44.9 Å². The van der Waals surface area contributed by atoms with Crippen LogP contribution in [-0.2, 0) is 65.4 Å². The van der Waals surface area contributed by atoms with Gasteiger partial charge >= 0.3 is 39.5 Å². The number of ether oxygens (including phenoxy) is 4. The van der Waals surface area contributed by atoms with Gasteiger partial charge in [-0.25, -0.2) is 9.13 Å². The smallest absolute Gasteiger partial charge is 0.462 e. The molecule has 0 aliphatic carbocycles. The zero-order chi connectivity index (χ0) is 80.3. The van der Waals surface area contributed by atoms with Crippen LogP contribution < -0.4 is 0 Å². The van der Waals surface area contributed by atoms with E-state index in [-0.39, 0.29) is 25.7 Å². The van der Waals surface area contributed by atoms with Crippen molar-refractivity contribution in [1.82, 2.24) is 0 Å². The fraction of sp³-hybridized carbons (Fsp3) is 0.626. The molecule has 0 bridgehead atoms. The first-order chi connectivity index (χ1) is 53.7. The number of carbonyl (C=O) groups is 4. The number of aliphatic hydroxyl groups excluding tert-OH is 1. The van der Waals surface area contributed by atoms with Crippen LogP contribution in [0.3, 0.4) is 0 Å². The third kappa shape index (κ3) is 80.2. The predicted octanol–water partition coefficient (Wildman–Crippen LogP) is 25.1. The van der Waals surface area contributed by atoms with Gasteiger partial charge < -0.3 is 33.8 Å². The highest BCUT2D eigenvalue weighted by molar-refractivity contribution is 7.47. The second-order valence-corrected chi connectivity index (χ2v) is 30.3. The number of aliphatic hydroxyl groups is 1. The largest absolute Gasteiger partial charge is 0.472 e. The highest BCUT2D eigenvalue weighted by Gasteiger charge is 2.30. The van der Waals surface area contributed by atoms with Crippen molar-refractivity contribution < 1.29 is 80.2 Å². The van der Waals surface area contributed by atoms with E-state index in [0.717, 1.165) is 103 Å². The van der Waals surface area contributed by atoms with Gasteiger partial charge in [0.05, 0.1) is 26.4 Å². The van der Waals surface area contributed by atoms with Crippen LogP contribution in [0.25, 0.3) is 0 Å². The molecule has 0 amide bonds. The Bertz CT molecular complexity index is 2800. The summed E-state index contributed by atoms with van der Waals surface area (Å²) < 4.78 is 68.5. The molecule has 3 N–H and O–H groups in total. The van der Waals surface area contributed by atoms with E-state index >= 15 is 0 Å². The Morgan fingerprint density at radius 2 is 0.464 bits per heavy atom. The zero-order valence-corrected chi connectivity index (χ0v) is 70.1. The first-order valence-electron chi connectivity index (χ1n) is 42.0. The van der Waals surface area contributed by atoms with Crippen LogP contribution in [-0.4, -0.2) is 96.7 Å². The van der Waals surface area contributed by atoms with E-state index in [1.807, 2.05) is 48.6 Å². The minimum atomic E-state index is -5.03. The maximum absolute atomic E-state index is 13.1. The Kier molecular flexibility index (Phi) is 76.9. The van der Waals surface area contributed by atoms with Gasteiger partial charge in [-0.3, -0.25) is 37.3 Å². The van der Waals surface area contributed by atoms with Crippen molar-refractivity contribution >= 4 is 39.5 Å². The minimum absolute atomic E-state index is 0.0147. The van der Waals surface area contributed by atoms with E-state index < -0.39 is 97.5 Å². The number of phosphoric ester groups is 2. The highest BCUT2D eigenvalue weighted by atomic mass is 31.2. The number of unbranched alkanes of at least 4 members (excludes halogenated alkanes) is 21. The van der Waals surface area contributed by atoms with Gasteiger partial charge in [0.2, 0.25) is 0 Å². The molecule has 0 aliphatic heterocycles. The normalized spacial score (nSPS) is 14.7. The maximum atomic E-state index is 13.1. The van der Waals surface area contributed by atoms with Crippen molar-refractivity contribution in [2.45, 2.75) is 329 Å². The monoisotopic (exact) mass is 1580 g/mol. The van der Waals surface area contributed by atoms with Crippen molar-refractivity contribution in [1.29, 1.82) is 0 Å². The first kappa shape index (κ1) is 104. The second kappa shape index (κ2) is 81.2. The average Bonchev–Trinajstić information content (AvgIpc) is 0.900. The van der Waals surface area contributed by atoms with Crippen LogP contribution >= 0.6 is 15.6 Å². The van der Waals surface area contributed by atoms with Gasteiger partial charge in [-0.05, 0) is 141 Å². The van der Waals surface area contributed by atoms with Crippen molar-refractivity contribution in [3.63, 3.8) is 0 Å². The van der Waals surface area contributed by atoms with Crippen LogP contribution in [0.2, 0.25) is 0 Å². The Hall–Kier alpha value is -5.84. The second-order valence-electron chi connectivity index (χ2n) is 27.4. The number of hydrogen-bond donors (Lipinski definition) is 3.